The Balaban J connectivity index is 1.93. The van der Waals surface area contributed by atoms with Gasteiger partial charge in [-0.1, -0.05) is 30.3 Å². The van der Waals surface area contributed by atoms with E-state index in [0.717, 1.165) is 12.8 Å². The van der Waals surface area contributed by atoms with Gasteiger partial charge in [-0.05, 0) is 31.7 Å². The normalized spacial score (nSPS) is 21.4. The van der Waals surface area contributed by atoms with E-state index in [1.165, 1.54) is 17.6 Å². The number of aryl methyl sites for hydroxylation is 1. The van der Waals surface area contributed by atoms with Crippen LogP contribution in [0, 0.1) is 0 Å². The highest BCUT2D eigenvalue weighted by Gasteiger charge is 2.41. The first kappa shape index (κ1) is 22.6. The fourth-order valence-electron chi connectivity index (χ4n) is 3.53. The molecule has 28 heavy (non-hydrogen) atoms. The van der Waals surface area contributed by atoms with E-state index < -0.39 is 25.3 Å². The molecule has 0 aliphatic carbocycles. The number of ether oxygens (including phenoxy) is 1. The molecule has 1 aromatic carbocycles. The van der Waals surface area contributed by atoms with Gasteiger partial charge in [0.1, 0.15) is 12.2 Å². The molecule has 1 heterocycles. The number of benzene rings is 1. The summed E-state index contributed by atoms with van der Waals surface area (Å²) >= 11 is 0. The van der Waals surface area contributed by atoms with Crippen LogP contribution in [-0.4, -0.2) is 66.6 Å². The van der Waals surface area contributed by atoms with Crippen LogP contribution in [0.3, 0.4) is 0 Å². The van der Waals surface area contributed by atoms with Crippen molar-refractivity contribution in [2.24, 2.45) is 0 Å². The van der Waals surface area contributed by atoms with Gasteiger partial charge in [0, 0.05) is 26.2 Å². The number of aliphatic carboxylic acids is 1. The highest BCUT2D eigenvalue weighted by atomic mass is 31.2. The van der Waals surface area contributed by atoms with Crippen molar-refractivity contribution in [2.75, 3.05) is 32.6 Å². The van der Waals surface area contributed by atoms with Crippen molar-refractivity contribution in [1.82, 2.24) is 4.90 Å². The molecule has 3 atom stereocenters. The van der Waals surface area contributed by atoms with Gasteiger partial charge in [0.15, 0.2) is 0 Å². The smallest absolute Gasteiger partial charge is 0.326 e. The summed E-state index contributed by atoms with van der Waals surface area (Å²) in [6.07, 6.45) is 2.40. The molecule has 7 nitrogen and oxygen atoms in total. The van der Waals surface area contributed by atoms with Crippen LogP contribution in [-0.2, 0) is 29.8 Å². The fourth-order valence-corrected chi connectivity index (χ4v) is 5.67. The number of hydrogen-bond acceptors (Lipinski definition) is 5. The summed E-state index contributed by atoms with van der Waals surface area (Å²) in [4.78, 5) is 25.5. The van der Waals surface area contributed by atoms with Crippen molar-refractivity contribution in [3.8, 4) is 0 Å². The van der Waals surface area contributed by atoms with E-state index in [1.807, 2.05) is 18.2 Å². The summed E-state index contributed by atoms with van der Waals surface area (Å²) in [5.41, 5.74) is 1.22. The minimum absolute atomic E-state index is 0.201. The Labute approximate surface area is 166 Å². The number of hydrogen-bond donors (Lipinski definition) is 1. The van der Waals surface area contributed by atoms with Crippen molar-refractivity contribution in [3.63, 3.8) is 0 Å². The lowest BCUT2D eigenvalue weighted by atomic mass is 10.1. The number of amides is 1. The number of carboxylic acids is 1. The van der Waals surface area contributed by atoms with Gasteiger partial charge >= 0.3 is 5.97 Å². The molecule has 1 aromatic rings. The minimum Gasteiger partial charge on any atom is -0.480 e. The molecule has 8 heteroatoms. The summed E-state index contributed by atoms with van der Waals surface area (Å²) in [5, 5.41) is 9.38. The predicted octanol–water partition coefficient (Wildman–Crippen LogP) is 3.02. The Morgan fingerprint density at radius 3 is 2.57 bits per heavy atom. The first-order valence-corrected chi connectivity index (χ1v) is 11.7. The van der Waals surface area contributed by atoms with E-state index in [4.69, 9.17) is 9.26 Å². The Bertz CT molecular complexity index is 695. The monoisotopic (exact) mass is 411 g/mol. The van der Waals surface area contributed by atoms with Crippen molar-refractivity contribution in [1.29, 1.82) is 0 Å². The molecule has 0 aromatic heterocycles. The zero-order valence-corrected chi connectivity index (χ0v) is 17.5. The lowest BCUT2D eigenvalue weighted by Crippen LogP contribution is -2.42. The van der Waals surface area contributed by atoms with Gasteiger partial charge in [-0.25, -0.2) is 4.79 Å². The Hall–Kier alpha value is -1.69. The van der Waals surface area contributed by atoms with E-state index in [2.05, 4.69) is 12.1 Å². The summed E-state index contributed by atoms with van der Waals surface area (Å²) in [6, 6.07) is 9.11. The Kier molecular flexibility index (Phi) is 8.67. The van der Waals surface area contributed by atoms with Gasteiger partial charge in [-0.15, -0.1) is 0 Å². The summed E-state index contributed by atoms with van der Waals surface area (Å²) < 4.78 is 23.9. The lowest BCUT2D eigenvalue weighted by Gasteiger charge is -2.24. The van der Waals surface area contributed by atoms with Gasteiger partial charge in [0.25, 0.3) is 0 Å². The first-order valence-electron chi connectivity index (χ1n) is 9.70. The van der Waals surface area contributed by atoms with Gasteiger partial charge in [-0.3, -0.25) is 9.36 Å². The molecule has 2 rings (SSSR count). The number of carbonyl (C=O) groups is 2. The average Bonchev–Trinajstić information content (AvgIpc) is 3.11. The molecule has 0 bridgehead atoms. The van der Waals surface area contributed by atoms with E-state index in [-0.39, 0.29) is 31.8 Å². The number of carbonyl (C=O) groups excluding carboxylic acids is 1. The SMILES string of the molecule is CCOP(=O)(CCCCc1ccccc1)CC(=O)N1C[C@H](OC)C[C@H]1C(=O)O. The number of carboxylic acid groups (broad SMARTS) is 1. The third kappa shape index (κ3) is 6.43. The van der Waals surface area contributed by atoms with Crippen molar-refractivity contribution in [3.05, 3.63) is 35.9 Å². The standard InChI is InChI=1S/C20H30NO6P/c1-3-27-28(25,12-8-7-11-16-9-5-4-6-10-16)15-19(22)21-14-17(26-2)13-18(21)20(23)24/h4-6,9-10,17-18H,3,7-8,11-15H2,1-2H3,(H,23,24)/t17-,18+,28?/m1/s1. The third-order valence-electron chi connectivity index (χ3n) is 5.00. The van der Waals surface area contributed by atoms with Crippen molar-refractivity contribution in [2.45, 2.75) is 44.8 Å². The average molecular weight is 411 g/mol. The second-order valence-electron chi connectivity index (χ2n) is 7.05. The van der Waals surface area contributed by atoms with Crippen LogP contribution in [0.15, 0.2) is 30.3 Å². The third-order valence-corrected chi connectivity index (χ3v) is 7.48. The molecule has 1 aliphatic heterocycles. The van der Waals surface area contributed by atoms with Crippen molar-refractivity contribution >= 4 is 19.2 Å². The summed E-state index contributed by atoms with van der Waals surface area (Å²) in [5.74, 6) is -1.51. The molecule has 0 radical (unpaired) electrons. The van der Waals surface area contributed by atoms with Gasteiger partial charge in [0.05, 0.1) is 12.7 Å². The number of likely N-dealkylation sites (tertiary alicyclic amines) is 1. The van der Waals surface area contributed by atoms with Gasteiger partial charge in [0.2, 0.25) is 13.3 Å². The molecule has 1 N–H and O–H groups in total. The molecule has 0 saturated carbocycles. The Morgan fingerprint density at radius 1 is 1.25 bits per heavy atom. The van der Waals surface area contributed by atoms with Crippen LogP contribution >= 0.6 is 7.37 Å². The zero-order valence-electron chi connectivity index (χ0n) is 16.6. The molecule has 1 fully saturated rings. The van der Waals surface area contributed by atoms with Crippen LogP contribution in [0.1, 0.15) is 31.7 Å². The Morgan fingerprint density at radius 2 is 1.96 bits per heavy atom. The molecular formula is C20H30NO6P. The molecule has 0 spiro atoms. The first-order chi connectivity index (χ1) is 13.4. The maximum Gasteiger partial charge on any atom is 0.326 e. The highest BCUT2D eigenvalue weighted by molar-refractivity contribution is 7.59. The van der Waals surface area contributed by atoms with Crippen LogP contribution in [0.2, 0.25) is 0 Å². The van der Waals surface area contributed by atoms with Gasteiger partial charge < -0.3 is 19.3 Å². The highest BCUT2D eigenvalue weighted by Crippen LogP contribution is 2.48. The number of rotatable bonds is 11. The number of nitrogens with zero attached hydrogens (tertiary/aromatic N) is 1. The van der Waals surface area contributed by atoms with E-state index in [9.17, 15) is 19.3 Å². The molecule has 1 aliphatic rings. The molecule has 156 valence electrons. The summed E-state index contributed by atoms with van der Waals surface area (Å²) in [6.45, 7) is 2.21. The fraction of sp³-hybridized carbons (Fsp3) is 0.600. The van der Waals surface area contributed by atoms with E-state index in [0.29, 0.717) is 12.6 Å². The molecule has 1 unspecified atom stereocenters. The minimum atomic E-state index is -3.16. The maximum atomic E-state index is 13.2. The van der Waals surface area contributed by atoms with E-state index >= 15 is 0 Å². The second-order valence-corrected chi connectivity index (χ2v) is 9.70. The van der Waals surface area contributed by atoms with Crippen LogP contribution in [0.5, 0.6) is 0 Å². The quantitative estimate of drug-likeness (QED) is 0.444. The largest absolute Gasteiger partial charge is 0.480 e. The summed E-state index contributed by atoms with van der Waals surface area (Å²) in [7, 11) is -1.66. The zero-order chi connectivity index (χ0) is 20.6. The lowest BCUT2D eigenvalue weighted by molar-refractivity contribution is -0.147. The predicted molar refractivity (Wildman–Crippen MR) is 107 cm³/mol. The molecular weight excluding hydrogens is 381 g/mol. The second kappa shape index (κ2) is 10.7. The van der Waals surface area contributed by atoms with Crippen LogP contribution in [0.4, 0.5) is 0 Å². The van der Waals surface area contributed by atoms with Crippen LogP contribution in [0.25, 0.3) is 0 Å². The van der Waals surface area contributed by atoms with E-state index in [1.54, 1.807) is 6.92 Å². The topological polar surface area (TPSA) is 93.1 Å². The maximum absolute atomic E-state index is 13.2. The van der Waals surface area contributed by atoms with Gasteiger partial charge in [-0.2, -0.15) is 0 Å². The number of unbranched alkanes of at least 4 members (excludes halogenated alkanes) is 1. The van der Waals surface area contributed by atoms with Crippen LogP contribution < -0.4 is 0 Å². The molecule has 1 saturated heterocycles. The molecule has 1 amide bonds. The number of methoxy groups -OCH3 is 1. The van der Waals surface area contributed by atoms with Crippen molar-refractivity contribution < 1.29 is 28.5 Å².